The summed E-state index contributed by atoms with van der Waals surface area (Å²) in [7, 11) is 0. The van der Waals surface area contributed by atoms with E-state index >= 15 is 0 Å². The summed E-state index contributed by atoms with van der Waals surface area (Å²) in [5.41, 5.74) is 0.793. The van der Waals surface area contributed by atoms with E-state index < -0.39 is 17.3 Å². The van der Waals surface area contributed by atoms with Gasteiger partial charge in [-0.1, -0.05) is 45.0 Å². The monoisotopic (exact) mass is 500 g/mol. The number of aryl methyl sites for hydroxylation is 2. The van der Waals surface area contributed by atoms with Crippen molar-refractivity contribution in [2.75, 3.05) is 5.01 Å². The average molecular weight is 501 g/mol. The van der Waals surface area contributed by atoms with Gasteiger partial charge in [0.1, 0.15) is 5.54 Å². The summed E-state index contributed by atoms with van der Waals surface area (Å²) >= 11 is 0. The number of hydrogen-bond acceptors (Lipinski definition) is 5. The maximum absolute atomic E-state index is 13.5. The van der Waals surface area contributed by atoms with E-state index in [2.05, 4.69) is 41.6 Å². The molecule has 1 aromatic heterocycles. The Morgan fingerprint density at radius 2 is 1.64 bits per heavy atom. The Bertz CT molecular complexity index is 1220. The molecule has 10 heteroatoms. The number of rotatable bonds is 5. The molecule has 0 bridgehead atoms. The van der Waals surface area contributed by atoms with Gasteiger partial charge >= 0.3 is 6.18 Å². The quantitative estimate of drug-likeness (QED) is 0.281. The van der Waals surface area contributed by atoms with Crippen LogP contribution >= 0.6 is 0 Å². The highest BCUT2D eigenvalue weighted by molar-refractivity contribution is 5.53. The first-order chi connectivity index (χ1) is 16.9. The molecule has 0 aliphatic heterocycles. The molecule has 4 rings (SSSR count). The second kappa shape index (κ2) is 9.29. The molecule has 0 amide bonds. The summed E-state index contributed by atoms with van der Waals surface area (Å²) in [5.74, 6) is 0.759. The minimum atomic E-state index is -4.55. The van der Waals surface area contributed by atoms with Crippen LogP contribution in [-0.2, 0) is 11.7 Å². The van der Waals surface area contributed by atoms with E-state index in [1.807, 2.05) is 32.0 Å². The third-order valence-electron chi connectivity index (χ3n) is 7.48. The van der Waals surface area contributed by atoms with Crippen molar-refractivity contribution < 1.29 is 13.2 Å². The van der Waals surface area contributed by atoms with Crippen LogP contribution in [0.25, 0.3) is 5.69 Å². The SMILES string of the molecule is Cc1cccc(C)c1-n1nnnc1C1(N(N=O)c2cccc(C(F)(F)F)c2)CCC(C(C)(C)C)CC1. The van der Waals surface area contributed by atoms with Crippen molar-refractivity contribution in [2.45, 2.75) is 72.0 Å². The van der Waals surface area contributed by atoms with Crippen LogP contribution < -0.4 is 5.01 Å². The molecule has 0 radical (unpaired) electrons. The van der Waals surface area contributed by atoms with Crippen LogP contribution in [-0.4, -0.2) is 20.2 Å². The average Bonchev–Trinajstić information content (AvgIpc) is 3.29. The van der Waals surface area contributed by atoms with Gasteiger partial charge in [0.25, 0.3) is 0 Å². The highest BCUT2D eigenvalue weighted by Crippen LogP contribution is 2.50. The number of benzene rings is 2. The number of nitrogens with zero attached hydrogens (tertiary/aromatic N) is 6. The number of tetrazole rings is 1. The minimum Gasteiger partial charge on any atom is -0.215 e. The summed E-state index contributed by atoms with van der Waals surface area (Å²) in [5, 5.41) is 17.1. The maximum atomic E-state index is 13.5. The normalized spacial score (nSPS) is 20.8. The molecule has 1 fully saturated rings. The first-order valence-electron chi connectivity index (χ1n) is 12.0. The highest BCUT2D eigenvalue weighted by atomic mass is 19.4. The lowest BCUT2D eigenvalue weighted by Crippen LogP contribution is -2.49. The molecule has 36 heavy (non-hydrogen) atoms. The summed E-state index contributed by atoms with van der Waals surface area (Å²) in [6.07, 6.45) is -2.14. The molecule has 7 nitrogen and oxygen atoms in total. The molecule has 1 aliphatic rings. The Kier molecular flexibility index (Phi) is 6.66. The second-order valence-electron chi connectivity index (χ2n) is 10.8. The largest absolute Gasteiger partial charge is 0.416 e. The molecule has 1 saturated carbocycles. The molecular formula is C26H31F3N6O. The molecule has 0 saturated heterocycles. The van der Waals surface area contributed by atoms with Crippen molar-refractivity contribution in [3.05, 3.63) is 69.9 Å². The molecule has 0 atom stereocenters. The van der Waals surface area contributed by atoms with E-state index in [0.717, 1.165) is 46.8 Å². The van der Waals surface area contributed by atoms with Gasteiger partial charge in [0, 0.05) is 0 Å². The predicted molar refractivity (Wildman–Crippen MR) is 131 cm³/mol. The second-order valence-corrected chi connectivity index (χ2v) is 10.8. The topological polar surface area (TPSA) is 76.3 Å². The van der Waals surface area contributed by atoms with Gasteiger partial charge in [-0.15, -0.1) is 10.0 Å². The number of nitroso groups, excluding NO2 is 1. The minimum absolute atomic E-state index is 0.0420. The van der Waals surface area contributed by atoms with Crippen molar-refractivity contribution in [2.24, 2.45) is 16.6 Å². The summed E-state index contributed by atoms with van der Waals surface area (Å²) in [4.78, 5) is 12.4. The van der Waals surface area contributed by atoms with Crippen LogP contribution in [0.3, 0.4) is 0 Å². The van der Waals surface area contributed by atoms with Crippen molar-refractivity contribution in [1.82, 2.24) is 20.2 Å². The van der Waals surface area contributed by atoms with E-state index in [1.165, 1.54) is 12.1 Å². The van der Waals surface area contributed by atoms with Gasteiger partial charge in [-0.2, -0.15) is 17.9 Å². The van der Waals surface area contributed by atoms with Gasteiger partial charge in [0.05, 0.1) is 22.2 Å². The van der Waals surface area contributed by atoms with Gasteiger partial charge in [0.2, 0.25) is 0 Å². The third kappa shape index (κ3) is 4.60. The predicted octanol–water partition coefficient (Wildman–Crippen LogP) is 6.92. The Labute approximate surface area is 208 Å². The number of halogens is 3. The summed E-state index contributed by atoms with van der Waals surface area (Å²) in [6.45, 7) is 10.4. The molecule has 0 spiro atoms. The fraction of sp³-hybridized carbons (Fsp3) is 0.500. The Morgan fingerprint density at radius 3 is 2.19 bits per heavy atom. The number of para-hydroxylation sites is 1. The zero-order valence-electron chi connectivity index (χ0n) is 21.2. The van der Waals surface area contributed by atoms with Gasteiger partial charge < -0.3 is 0 Å². The number of aromatic nitrogens is 4. The molecule has 1 heterocycles. The van der Waals surface area contributed by atoms with Crippen molar-refractivity contribution in [3.63, 3.8) is 0 Å². The van der Waals surface area contributed by atoms with Crippen LogP contribution in [0.1, 0.15) is 69.0 Å². The van der Waals surface area contributed by atoms with E-state index in [1.54, 1.807) is 4.68 Å². The van der Waals surface area contributed by atoms with Crippen LogP contribution in [0.5, 0.6) is 0 Å². The van der Waals surface area contributed by atoms with Gasteiger partial charge in [-0.3, -0.25) is 0 Å². The molecule has 3 aromatic rings. The standard InChI is InChI=1S/C26H31F3N6O/c1-17-8-6-9-18(2)22(17)34-23(30-31-32-34)25(14-12-19(13-15-25)24(3,4)5)35(33-36)21-11-7-10-20(16-21)26(27,28)29/h6-11,16,19H,12-15H2,1-5H3. The molecule has 1 aliphatic carbocycles. The number of hydrogen-bond donors (Lipinski definition) is 0. The lowest BCUT2D eigenvalue weighted by molar-refractivity contribution is -0.137. The fourth-order valence-electron chi connectivity index (χ4n) is 5.45. The van der Waals surface area contributed by atoms with Crippen LogP contribution in [0.15, 0.2) is 47.8 Å². The fourth-order valence-corrected chi connectivity index (χ4v) is 5.45. The first-order valence-corrected chi connectivity index (χ1v) is 12.0. The van der Waals surface area contributed by atoms with Gasteiger partial charge in [0.15, 0.2) is 5.82 Å². The molecule has 0 unspecified atom stereocenters. The Hall–Kier alpha value is -3.30. The van der Waals surface area contributed by atoms with Crippen molar-refractivity contribution in [3.8, 4) is 5.69 Å². The van der Waals surface area contributed by atoms with E-state index in [-0.39, 0.29) is 11.1 Å². The van der Waals surface area contributed by atoms with Crippen molar-refractivity contribution in [1.29, 1.82) is 0 Å². The molecule has 0 N–H and O–H groups in total. The maximum Gasteiger partial charge on any atom is 0.416 e. The van der Waals surface area contributed by atoms with Crippen LogP contribution in [0, 0.1) is 30.1 Å². The van der Waals surface area contributed by atoms with Gasteiger partial charge in [-0.25, -0.2) is 5.01 Å². The van der Waals surface area contributed by atoms with E-state index in [9.17, 15) is 18.1 Å². The van der Waals surface area contributed by atoms with E-state index in [0.29, 0.717) is 24.6 Å². The van der Waals surface area contributed by atoms with Crippen LogP contribution in [0.2, 0.25) is 0 Å². The van der Waals surface area contributed by atoms with Crippen molar-refractivity contribution >= 4 is 5.69 Å². The number of alkyl halides is 3. The summed E-state index contributed by atoms with van der Waals surface area (Å²) < 4.78 is 42.2. The lowest BCUT2D eigenvalue weighted by atomic mass is 9.66. The third-order valence-corrected chi connectivity index (χ3v) is 7.48. The summed E-state index contributed by atoms with van der Waals surface area (Å²) in [6, 6.07) is 10.5. The lowest BCUT2D eigenvalue weighted by Gasteiger charge is -2.46. The van der Waals surface area contributed by atoms with Gasteiger partial charge in [-0.05, 0) is 90.6 Å². The zero-order valence-corrected chi connectivity index (χ0v) is 21.2. The Balaban J connectivity index is 1.90. The molecule has 192 valence electrons. The molecule has 2 aromatic carbocycles. The Morgan fingerprint density at radius 1 is 1.03 bits per heavy atom. The molecular weight excluding hydrogens is 469 g/mol. The number of anilines is 1. The first kappa shape index (κ1) is 25.8. The highest BCUT2D eigenvalue weighted by Gasteiger charge is 2.49. The zero-order chi connectivity index (χ0) is 26.3. The van der Waals surface area contributed by atoms with E-state index in [4.69, 9.17) is 0 Å². The van der Waals surface area contributed by atoms with Crippen LogP contribution in [0.4, 0.5) is 18.9 Å². The smallest absolute Gasteiger partial charge is 0.215 e.